The molecule has 0 saturated carbocycles. The highest BCUT2D eigenvalue weighted by molar-refractivity contribution is 6.06. The standard InChI is InChI=1S/C16H27N3O3/c1-11(2)8-17(9-12(3)4)14(20)10-19-15(21)13-6-5-7-18(13)16(19)22/h11-13H,5-10H2,1-4H3. The molecule has 0 spiro atoms. The Morgan fingerprint density at radius 1 is 1.18 bits per heavy atom. The van der Waals surface area contributed by atoms with E-state index in [9.17, 15) is 14.4 Å². The minimum atomic E-state index is -0.330. The largest absolute Gasteiger partial charge is 0.341 e. The van der Waals surface area contributed by atoms with Gasteiger partial charge in [-0.3, -0.25) is 14.5 Å². The molecule has 2 aliphatic heterocycles. The van der Waals surface area contributed by atoms with Crippen LogP contribution >= 0.6 is 0 Å². The first-order chi connectivity index (χ1) is 10.3. The zero-order valence-electron chi connectivity index (χ0n) is 14.0. The van der Waals surface area contributed by atoms with E-state index in [0.717, 1.165) is 17.7 Å². The molecule has 6 nitrogen and oxygen atoms in total. The monoisotopic (exact) mass is 309 g/mol. The molecule has 0 N–H and O–H groups in total. The van der Waals surface area contributed by atoms with Crippen molar-refractivity contribution in [2.75, 3.05) is 26.2 Å². The van der Waals surface area contributed by atoms with E-state index in [1.54, 1.807) is 9.80 Å². The summed E-state index contributed by atoms with van der Waals surface area (Å²) in [4.78, 5) is 41.6. The molecule has 2 rings (SSSR count). The molecule has 22 heavy (non-hydrogen) atoms. The van der Waals surface area contributed by atoms with Gasteiger partial charge in [0.05, 0.1) is 0 Å². The number of urea groups is 1. The predicted octanol–water partition coefficient (Wildman–Crippen LogP) is 1.55. The second-order valence-corrected chi connectivity index (χ2v) is 7.14. The van der Waals surface area contributed by atoms with Crippen LogP contribution in [0.2, 0.25) is 0 Å². The molecule has 2 fully saturated rings. The minimum absolute atomic E-state index is 0.121. The lowest BCUT2D eigenvalue weighted by atomic mass is 10.1. The van der Waals surface area contributed by atoms with Crippen LogP contribution in [-0.4, -0.2) is 64.8 Å². The Morgan fingerprint density at radius 2 is 1.77 bits per heavy atom. The molecule has 0 aliphatic carbocycles. The number of amides is 4. The first-order valence-electron chi connectivity index (χ1n) is 8.21. The molecule has 6 heteroatoms. The maximum Gasteiger partial charge on any atom is 0.327 e. The van der Waals surface area contributed by atoms with Gasteiger partial charge in [-0.05, 0) is 24.7 Å². The van der Waals surface area contributed by atoms with Gasteiger partial charge >= 0.3 is 6.03 Å². The topological polar surface area (TPSA) is 60.9 Å². The summed E-state index contributed by atoms with van der Waals surface area (Å²) in [5.74, 6) is 0.377. The quantitative estimate of drug-likeness (QED) is 0.700. The van der Waals surface area contributed by atoms with E-state index in [1.165, 1.54) is 0 Å². The van der Waals surface area contributed by atoms with Gasteiger partial charge in [0.15, 0.2) is 0 Å². The number of fused-ring (bicyclic) bond motifs is 1. The van der Waals surface area contributed by atoms with Gasteiger partial charge in [0, 0.05) is 19.6 Å². The van der Waals surface area contributed by atoms with Crippen LogP contribution in [0.15, 0.2) is 0 Å². The fourth-order valence-electron chi connectivity index (χ4n) is 3.22. The molecular formula is C16H27N3O3. The lowest BCUT2D eigenvalue weighted by Gasteiger charge is -2.28. The molecule has 2 heterocycles. The fraction of sp³-hybridized carbons (Fsp3) is 0.812. The summed E-state index contributed by atoms with van der Waals surface area (Å²) in [6.07, 6.45) is 1.59. The van der Waals surface area contributed by atoms with E-state index >= 15 is 0 Å². The first kappa shape index (κ1) is 16.8. The number of rotatable bonds is 6. The lowest BCUT2D eigenvalue weighted by molar-refractivity contribution is -0.138. The van der Waals surface area contributed by atoms with Crippen molar-refractivity contribution in [1.29, 1.82) is 0 Å². The van der Waals surface area contributed by atoms with Gasteiger partial charge in [0.1, 0.15) is 12.6 Å². The Kier molecular flexibility index (Phi) is 5.08. The Labute approximate surface area is 132 Å². The SMILES string of the molecule is CC(C)CN(CC(C)C)C(=O)CN1C(=O)C2CCCN2C1=O. The molecule has 124 valence electrons. The van der Waals surface area contributed by atoms with Crippen LogP contribution in [0.5, 0.6) is 0 Å². The number of hydrogen-bond acceptors (Lipinski definition) is 3. The van der Waals surface area contributed by atoms with Crippen LogP contribution in [0.1, 0.15) is 40.5 Å². The lowest BCUT2D eigenvalue weighted by Crippen LogP contribution is -2.46. The molecule has 2 saturated heterocycles. The minimum Gasteiger partial charge on any atom is -0.341 e. The average Bonchev–Trinajstić information content (AvgIpc) is 2.97. The van der Waals surface area contributed by atoms with Crippen molar-refractivity contribution in [2.24, 2.45) is 11.8 Å². The van der Waals surface area contributed by atoms with Crippen molar-refractivity contribution in [1.82, 2.24) is 14.7 Å². The summed E-state index contributed by atoms with van der Waals surface area (Å²) in [7, 11) is 0. The third-order valence-corrected chi connectivity index (χ3v) is 4.10. The Hall–Kier alpha value is -1.59. The van der Waals surface area contributed by atoms with Gasteiger partial charge in [0.2, 0.25) is 5.91 Å². The predicted molar refractivity (Wildman–Crippen MR) is 83.1 cm³/mol. The smallest absolute Gasteiger partial charge is 0.327 e. The van der Waals surface area contributed by atoms with Gasteiger partial charge in [-0.2, -0.15) is 0 Å². The second-order valence-electron chi connectivity index (χ2n) is 7.14. The van der Waals surface area contributed by atoms with Crippen molar-refractivity contribution >= 4 is 17.8 Å². The summed E-state index contributed by atoms with van der Waals surface area (Å²) in [5.41, 5.74) is 0. The molecule has 1 unspecified atom stereocenters. The zero-order valence-corrected chi connectivity index (χ0v) is 14.0. The summed E-state index contributed by atoms with van der Waals surface area (Å²) in [6.45, 7) is 10.0. The van der Waals surface area contributed by atoms with Crippen molar-refractivity contribution < 1.29 is 14.4 Å². The van der Waals surface area contributed by atoms with Gasteiger partial charge < -0.3 is 9.80 Å². The van der Waals surface area contributed by atoms with Gasteiger partial charge in [0.25, 0.3) is 5.91 Å². The summed E-state index contributed by atoms with van der Waals surface area (Å²) in [5, 5.41) is 0. The average molecular weight is 309 g/mol. The van der Waals surface area contributed by atoms with Crippen LogP contribution in [0, 0.1) is 11.8 Å². The van der Waals surface area contributed by atoms with E-state index in [-0.39, 0.29) is 30.4 Å². The van der Waals surface area contributed by atoms with Crippen molar-refractivity contribution in [3.63, 3.8) is 0 Å². The molecule has 2 aliphatic rings. The molecule has 1 atom stereocenters. The summed E-state index contributed by atoms with van der Waals surface area (Å²) >= 11 is 0. The van der Waals surface area contributed by atoms with Crippen LogP contribution in [0.3, 0.4) is 0 Å². The van der Waals surface area contributed by atoms with E-state index in [0.29, 0.717) is 31.5 Å². The Bertz CT molecular complexity index is 430. The Balaban J connectivity index is 2.03. The maximum absolute atomic E-state index is 12.5. The number of carbonyl (C=O) groups excluding carboxylic acids is 3. The first-order valence-corrected chi connectivity index (χ1v) is 8.21. The fourth-order valence-corrected chi connectivity index (χ4v) is 3.22. The maximum atomic E-state index is 12.5. The molecule has 0 bridgehead atoms. The van der Waals surface area contributed by atoms with Crippen molar-refractivity contribution in [3.8, 4) is 0 Å². The highest BCUT2D eigenvalue weighted by Crippen LogP contribution is 2.27. The van der Waals surface area contributed by atoms with E-state index in [1.807, 2.05) is 0 Å². The van der Waals surface area contributed by atoms with Crippen LogP contribution in [0.4, 0.5) is 4.79 Å². The molecule has 0 aromatic rings. The van der Waals surface area contributed by atoms with Gasteiger partial charge in [-0.25, -0.2) is 4.79 Å². The van der Waals surface area contributed by atoms with Crippen molar-refractivity contribution in [3.05, 3.63) is 0 Å². The van der Waals surface area contributed by atoms with Crippen LogP contribution in [0.25, 0.3) is 0 Å². The number of imide groups is 1. The van der Waals surface area contributed by atoms with Crippen molar-refractivity contribution in [2.45, 2.75) is 46.6 Å². The second kappa shape index (κ2) is 6.67. The van der Waals surface area contributed by atoms with E-state index < -0.39 is 0 Å². The third-order valence-electron chi connectivity index (χ3n) is 4.10. The number of nitrogens with zero attached hydrogens (tertiary/aromatic N) is 3. The normalized spacial score (nSPS) is 21.3. The molecular weight excluding hydrogens is 282 g/mol. The van der Waals surface area contributed by atoms with Crippen LogP contribution < -0.4 is 0 Å². The summed E-state index contributed by atoms with van der Waals surface area (Å²) in [6, 6.07) is -0.626. The zero-order chi connectivity index (χ0) is 16.4. The van der Waals surface area contributed by atoms with E-state index in [4.69, 9.17) is 0 Å². The highest BCUT2D eigenvalue weighted by Gasteiger charge is 2.48. The van der Waals surface area contributed by atoms with Gasteiger partial charge in [-0.1, -0.05) is 27.7 Å². The number of hydrogen-bond donors (Lipinski definition) is 0. The number of carbonyl (C=O) groups is 3. The molecule has 0 aromatic heterocycles. The summed E-state index contributed by atoms with van der Waals surface area (Å²) < 4.78 is 0. The third kappa shape index (κ3) is 3.42. The molecule has 0 aromatic carbocycles. The Morgan fingerprint density at radius 3 is 2.27 bits per heavy atom. The molecule has 4 amide bonds. The van der Waals surface area contributed by atoms with E-state index in [2.05, 4.69) is 27.7 Å². The highest BCUT2D eigenvalue weighted by atomic mass is 16.2. The molecule has 0 radical (unpaired) electrons. The van der Waals surface area contributed by atoms with Gasteiger partial charge in [-0.15, -0.1) is 0 Å². The van der Waals surface area contributed by atoms with Crippen LogP contribution in [-0.2, 0) is 9.59 Å².